The molecular formula is C20H21N3O2S. The second-order valence-corrected chi connectivity index (χ2v) is 7.02. The summed E-state index contributed by atoms with van der Waals surface area (Å²) in [6.45, 7) is 4.50. The van der Waals surface area contributed by atoms with Gasteiger partial charge in [0.25, 0.3) is 0 Å². The predicted octanol–water partition coefficient (Wildman–Crippen LogP) is 3.64. The summed E-state index contributed by atoms with van der Waals surface area (Å²) in [5, 5.41) is 11.6. The van der Waals surface area contributed by atoms with Gasteiger partial charge in [-0.05, 0) is 43.5 Å². The Morgan fingerprint density at radius 3 is 2.58 bits per heavy atom. The van der Waals surface area contributed by atoms with Crippen LogP contribution >= 0.6 is 11.8 Å². The molecule has 2 aromatic carbocycles. The molecule has 5 nitrogen and oxygen atoms in total. The lowest BCUT2D eigenvalue weighted by Gasteiger charge is -2.07. The van der Waals surface area contributed by atoms with Gasteiger partial charge >= 0.3 is 0 Å². The molecule has 1 amide bonds. The van der Waals surface area contributed by atoms with Crippen molar-refractivity contribution < 1.29 is 9.53 Å². The third-order valence-electron chi connectivity index (χ3n) is 3.91. The summed E-state index contributed by atoms with van der Waals surface area (Å²) >= 11 is 1.42. The summed E-state index contributed by atoms with van der Waals surface area (Å²) in [4.78, 5) is 12.2. The SMILES string of the molecule is CCOc1ccc(C[C@H]2S/C(=N/N=C(C)c3ccccc3)NC2=O)cc1. The summed E-state index contributed by atoms with van der Waals surface area (Å²) in [7, 11) is 0. The fraction of sp³-hybridized carbons (Fsp3) is 0.250. The second-order valence-electron chi connectivity index (χ2n) is 5.83. The maximum absolute atomic E-state index is 12.2. The number of hydrogen-bond donors (Lipinski definition) is 1. The van der Waals surface area contributed by atoms with Crippen molar-refractivity contribution in [3.8, 4) is 5.75 Å². The Morgan fingerprint density at radius 1 is 1.15 bits per heavy atom. The number of benzene rings is 2. The normalized spacial score (nSPS) is 18.8. The summed E-state index contributed by atoms with van der Waals surface area (Å²) < 4.78 is 5.44. The van der Waals surface area contributed by atoms with Gasteiger partial charge < -0.3 is 10.1 Å². The summed E-state index contributed by atoms with van der Waals surface area (Å²) in [6.07, 6.45) is 0.642. The molecule has 1 aliphatic heterocycles. The number of thioether (sulfide) groups is 1. The molecule has 1 fully saturated rings. The van der Waals surface area contributed by atoms with Crippen LogP contribution in [0.5, 0.6) is 5.75 Å². The zero-order valence-electron chi connectivity index (χ0n) is 14.8. The number of nitrogens with zero attached hydrogens (tertiary/aromatic N) is 2. The molecule has 1 N–H and O–H groups in total. The molecule has 0 unspecified atom stereocenters. The van der Waals surface area contributed by atoms with E-state index in [2.05, 4.69) is 15.5 Å². The largest absolute Gasteiger partial charge is 0.494 e. The minimum atomic E-state index is -0.195. The zero-order valence-corrected chi connectivity index (χ0v) is 15.6. The Hall–Kier alpha value is -2.60. The number of carbonyl (C=O) groups excluding carboxylic acids is 1. The van der Waals surface area contributed by atoms with Gasteiger partial charge in [0.2, 0.25) is 5.91 Å². The Labute approximate surface area is 157 Å². The average Bonchev–Trinajstić information content (AvgIpc) is 3.02. The van der Waals surface area contributed by atoms with Crippen molar-refractivity contribution in [1.82, 2.24) is 5.32 Å². The van der Waals surface area contributed by atoms with Crippen LogP contribution in [0.2, 0.25) is 0 Å². The van der Waals surface area contributed by atoms with Crippen molar-refractivity contribution in [2.45, 2.75) is 25.5 Å². The first-order valence-corrected chi connectivity index (χ1v) is 9.40. The van der Waals surface area contributed by atoms with Gasteiger partial charge in [-0.1, -0.05) is 54.2 Å². The molecule has 0 bridgehead atoms. The van der Waals surface area contributed by atoms with Crippen LogP contribution in [-0.2, 0) is 11.2 Å². The van der Waals surface area contributed by atoms with Gasteiger partial charge in [-0.2, -0.15) is 5.10 Å². The number of nitrogens with one attached hydrogen (secondary N) is 1. The molecule has 26 heavy (non-hydrogen) atoms. The number of hydrogen-bond acceptors (Lipinski definition) is 5. The second kappa shape index (κ2) is 8.67. The maximum atomic E-state index is 12.2. The van der Waals surface area contributed by atoms with Gasteiger partial charge in [0.05, 0.1) is 17.6 Å². The predicted molar refractivity (Wildman–Crippen MR) is 107 cm³/mol. The number of amides is 1. The standard InChI is InChI=1S/C20H21N3O2S/c1-3-25-17-11-9-15(10-12-17)13-18-19(24)21-20(26-18)23-22-14(2)16-7-5-4-6-8-16/h4-12,18H,3,13H2,1-2H3,(H,21,23,24)/t18-/m1/s1. The van der Waals surface area contributed by atoms with E-state index in [1.165, 1.54) is 11.8 Å². The van der Waals surface area contributed by atoms with E-state index < -0.39 is 0 Å². The van der Waals surface area contributed by atoms with E-state index in [1.54, 1.807) is 0 Å². The van der Waals surface area contributed by atoms with Gasteiger partial charge in [0.15, 0.2) is 5.17 Å². The van der Waals surface area contributed by atoms with Crippen molar-refractivity contribution in [3.05, 3.63) is 65.7 Å². The van der Waals surface area contributed by atoms with Crippen LogP contribution in [0.15, 0.2) is 64.8 Å². The maximum Gasteiger partial charge on any atom is 0.239 e. The van der Waals surface area contributed by atoms with Crippen molar-refractivity contribution in [2.24, 2.45) is 10.2 Å². The lowest BCUT2D eigenvalue weighted by molar-refractivity contribution is -0.118. The molecule has 0 aromatic heterocycles. The molecule has 0 spiro atoms. The molecule has 1 atom stereocenters. The highest BCUT2D eigenvalue weighted by Crippen LogP contribution is 2.24. The van der Waals surface area contributed by atoms with E-state index in [9.17, 15) is 4.79 Å². The monoisotopic (exact) mass is 367 g/mol. The van der Waals surface area contributed by atoms with Gasteiger partial charge in [-0.25, -0.2) is 0 Å². The highest BCUT2D eigenvalue weighted by molar-refractivity contribution is 8.15. The molecule has 0 aliphatic carbocycles. The summed E-state index contributed by atoms with van der Waals surface area (Å²) in [6, 6.07) is 17.7. The van der Waals surface area contributed by atoms with E-state index in [1.807, 2.05) is 68.4 Å². The van der Waals surface area contributed by atoms with Gasteiger partial charge in [0.1, 0.15) is 5.75 Å². The molecule has 1 aliphatic rings. The Kier molecular flexibility index (Phi) is 6.07. The smallest absolute Gasteiger partial charge is 0.239 e. The van der Waals surface area contributed by atoms with Crippen LogP contribution in [0.4, 0.5) is 0 Å². The van der Waals surface area contributed by atoms with Gasteiger partial charge in [0, 0.05) is 0 Å². The highest BCUT2D eigenvalue weighted by atomic mass is 32.2. The third-order valence-corrected chi connectivity index (χ3v) is 4.99. The van der Waals surface area contributed by atoms with E-state index in [4.69, 9.17) is 4.74 Å². The van der Waals surface area contributed by atoms with Crippen LogP contribution in [0.3, 0.4) is 0 Å². The molecule has 0 saturated carbocycles. The summed E-state index contributed by atoms with van der Waals surface area (Å²) in [5.74, 6) is 0.808. The van der Waals surface area contributed by atoms with Crippen molar-refractivity contribution in [1.29, 1.82) is 0 Å². The van der Waals surface area contributed by atoms with Gasteiger partial charge in [-0.3, -0.25) is 4.79 Å². The van der Waals surface area contributed by atoms with Crippen molar-refractivity contribution in [2.75, 3.05) is 6.61 Å². The Bertz CT molecular complexity index is 817. The minimum Gasteiger partial charge on any atom is -0.494 e. The van der Waals surface area contributed by atoms with Crippen LogP contribution in [0, 0.1) is 0 Å². The first-order valence-electron chi connectivity index (χ1n) is 8.52. The minimum absolute atomic E-state index is 0.0322. The quantitative estimate of drug-likeness (QED) is 0.626. The van der Waals surface area contributed by atoms with Crippen LogP contribution < -0.4 is 10.1 Å². The van der Waals surface area contributed by atoms with Gasteiger partial charge in [-0.15, -0.1) is 5.10 Å². The number of ether oxygens (including phenoxy) is 1. The lowest BCUT2D eigenvalue weighted by Crippen LogP contribution is -2.25. The summed E-state index contributed by atoms with van der Waals surface area (Å²) in [5.41, 5.74) is 2.91. The number of amidine groups is 1. The fourth-order valence-corrected chi connectivity index (χ4v) is 3.51. The molecule has 0 radical (unpaired) electrons. The third kappa shape index (κ3) is 4.73. The molecule has 1 saturated heterocycles. The molecule has 3 rings (SSSR count). The Morgan fingerprint density at radius 2 is 1.88 bits per heavy atom. The van der Waals surface area contributed by atoms with Crippen molar-refractivity contribution in [3.63, 3.8) is 0 Å². The van der Waals surface area contributed by atoms with E-state index >= 15 is 0 Å². The average molecular weight is 367 g/mol. The first-order chi connectivity index (χ1) is 12.7. The first kappa shape index (κ1) is 18.2. The van der Waals surface area contributed by atoms with E-state index in [-0.39, 0.29) is 11.2 Å². The number of carbonyl (C=O) groups is 1. The molecule has 6 heteroatoms. The molecular weight excluding hydrogens is 346 g/mol. The topological polar surface area (TPSA) is 63.1 Å². The van der Waals surface area contributed by atoms with Crippen molar-refractivity contribution >= 4 is 28.5 Å². The number of rotatable bonds is 6. The van der Waals surface area contributed by atoms with E-state index in [0.29, 0.717) is 18.2 Å². The van der Waals surface area contributed by atoms with E-state index in [0.717, 1.165) is 22.6 Å². The van der Waals surface area contributed by atoms with Crippen LogP contribution in [0.25, 0.3) is 0 Å². The van der Waals surface area contributed by atoms with Crippen LogP contribution in [-0.4, -0.2) is 28.6 Å². The Balaban J connectivity index is 1.63. The molecule has 2 aromatic rings. The van der Waals surface area contributed by atoms with Crippen LogP contribution in [0.1, 0.15) is 25.0 Å². The molecule has 1 heterocycles. The molecule has 134 valence electrons. The lowest BCUT2D eigenvalue weighted by atomic mass is 10.1. The zero-order chi connectivity index (χ0) is 18.4. The fourth-order valence-electron chi connectivity index (χ4n) is 2.55. The highest BCUT2D eigenvalue weighted by Gasteiger charge is 2.30.